The molecule has 0 bridgehead atoms. The quantitative estimate of drug-likeness (QED) is 0.193. The third kappa shape index (κ3) is 5.76. The van der Waals surface area contributed by atoms with Crippen LogP contribution in [0, 0.1) is 20.8 Å². The second-order valence-electron chi connectivity index (χ2n) is 10.3. The fraction of sp³-hybridized carbons (Fsp3) is 0.194. The lowest BCUT2D eigenvalue weighted by Crippen LogP contribution is -2.27. The SMILES string of the molecule is Cc1cnc(-c2nc3c(=O)n(CCOc4ccc(Cl)cc4-c4cc(C)nc5c(C(=O)O)csc45)c(C)nc3cc2C(F)(F)F)cn1. The Labute approximate surface area is 267 Å². The summed E-state index contributed by atoms with van der Waals surface area (Å²) < 4.78 is 50.1. The molecule has 0 aliphatic heterocycles. The number of ether oxygens (including phenoxy) is 1. The average Bonchev–Trinajstić information content (AvgIpc) is 3.42. The van der Waals surface area contributed by atoms with Crippen molar-refractivity contribution in [2.24, 2.45) is 0 Å². The van der Waals surface area contributed by atoms with Gasteiger partial charge in [-0.3, -0.25) is 24.3 Å². The van der Waals surface area contributed by atoms with Gasteiger partial charge < -0.3 is 9.84 Å². The van der Waals surface area contributed by atoms with Crippen LogP contribution in [0.3, 0.4) is 0 Å². The molecule has 0 saturated heterocycles. The first-order valence-electron chi connectivity index (χ1n) is 13.6. The number of nitrogens with zero attached hydrogens (tertiary/aromatic N) is 6. The van der Waals surface area contributed by atoms with E-state index in [9.17, 15) is 27.9 Å². The van der Waals surface area contributed by atoms with Crippen molar-refractivity contribution in [1.29, 1.82) is 0 Å². The molecule has 10 nitrogen and oxygen atoms in total. The fourth-order valence-electron chi connectivity index (χ4n) is 5.02. The summed E-state index contributed by atoms with van der Waals surface area (Å²) in [4.78, 5) is 46.2. The number of hydrogen-bond acceptors (Lipinski definition) is 9. The normalized spacial score (nSPS) is 11.8. The molecule has 6 rings (SSSR count). The van der Waals surface area contributed by atoms with E-state index < -0.39 is 29.0 Å². The number of benzene rings is 1. The van der Waals surface area contributed by atoms with E-state index in [0.717, 1.165) is 6.07 Å². The zero-order valence-electron chi connectivity index (χ0n) is 24.3. The number of thiophene rings is 1. The number of aryl methyl sites for hydroxylation is 3. The molecule has 0 aliphatic carbocycles. The number of alkyl halides is 3. The molecule has 0 radical (unpaired) electrons. The van der Waals surface area contributed by atoms with Gasteiger partial charge in [0.15, 0.2) is 5.52 Å². The lowest BCUT2D eigenvalue weighted by Gasteiger charge is -2.16. The van der Waals surface area contributed by atoms with Crippen LogP contribution in [0.5, 0.6) is 5.75 Å². The highest BCUT2D eigenvalue weighted by Gasteiger charge is 2.36. The van der Waals surface area contributed by atoms with Gasteiger partial charge in [-0.25, -0.2) is 14.8 Å². The van der Waals surface area contributed by atoms with Crippen molar-refractivity contribution < 1.29 is 27.8 Å². The maximum Gasteiger partial charge on any atom is 0.418 e. The number of carboxylic acids is 1. The summed E-state index contributed by atoms with van der Waals surface area (Å²) in [6, 6.07) is 7.59. The van der Waals surface area contributed by atoms with Crippen molar-refractivity contribution in [3.05, 3.63) is 91.8 Å². The molecule has 5 heterocycles. The maximum atomic E-state index is 14.0. The van der Waals surface area contributed by atoms with Gasteiger partial charge in [0, 0.05) is 33.4 Å². The number of carboxylic acid groups (broad SMARTS) is 1. The predicted octanol–water partition coefficient (Wildman–Crippen LogP) is 6.90. The summed E-state index contributed by atoms with van der Waals surface area (Å²) in [5.74, 6) is -0.513. The Balaban J connectivity index is 1.36. The van der Waals surface area contributed by atoms with E-state index in [-0.39, 0.29) is 41.3 Å². The van der Waals surface area contributed by atoms with E-state index in [2.05, 4.69) is 24.9 Å². The van der Waals surface area contributed by atoms with E-state index in [1.807, 2.05) is 6.07 Å². The van der Waals surface area contributed by atoms with Crippen molar-refractivity contribution in [3.63, 3.8) is 0 Å². The second-order valence-corrected chi connectivity index (χ2v) is 11.7. The van der Waals surface area contributed by atoms with Crippen LogP contribution in [0.2, 0.25) is 5.02 Å². The fourth-order valence-corrected chi connectivity index (χ4v) is 6.20. The Hall–Kier alpha value is -4.95. The zero-order valence-corrected chi connectivity index (χ0v) is 25.9. The number of halogens is 4. The van der Waals surface area contributed by atoms with Crippen molar-refractivity contribution in [2.75, 3.05) is 6.61 Å². The third-order valence-corrected chi connectivity index (χ3v) is 8.38. The summed E-state index contributed by atoms with van der Waals surface area (Å²) in [5, 5.41) is 11.6. The van der Waals surface area contributed by atoms with E-state index in [0.29, 0.717) is 43.5 Å². The number of aromatic nitrogens is 6. The molecule has 15 heteroatoms. The maximum absolute atomic E-state index is 14.0. The first-order chi connectivity index (χ1) is 21.8. The first-order valence-corrected chi connectivity index (χ1v) is 14.9. The molecule has 0 spiro atoms. The lowest BCUT2D eigenvalue weighted by atomic mass is 10.0. The van der Waals surface area contributed by atoms with Crippen LogP contribution in [0.15, 0.2) is 52.9 Å². The number of fused-ring (bicyclic) bond motifs is 2. The highest BCUT2D eigenvalue weighted by molar-refractivity contribution is 7.18. The van der Waals surface area contributed by atoms with Gasteiger partial charge in [-0.05, 0) is 51.1 Å². The minimum Gasteiger partial charge on any atom is -0.491 e. The Morgan fingerprint density at radius 1 is 1.00 bits per heavy atom. The molecule has 1 N–H and O–H groups in total. The van der Waals surface area contributed by atoms with Gasteiger partial charge in [0.25, 0.3) is 5.56 Å². The van der Waals surface area contributed by atoms with Crippen LogP contribution in [0.25, 0.3) is 43.8 Å². The van der Waals surface area contributed by atoms with Crippen LogP contribution < -0.4 is 10.3 Å². The van der Waals surface area contributed by atoms with E-state index >= 15 is 0 Å². The number of pyridine rings is 2. The van der Waals surface area contributed by atoms with Crippen molar-refractivity contribution in [3.8, 4) is 28.3 Å². The van der Waals surface area contributed by atoms with E-state index in [1.54, 1.807) is 32.0 Å². The molecule has 46 heavy (non-hydrogen) atoms. The van der Waals surface area contributed by atoms with Crippen molar-refractivity contribution in [1.82, 2.24) is 29.5 Å². The number of hydrogen-bond donors (Lipinski definition) is 1. The first kappa shape index (κ1) is 31.0. The molecule has 234 valence electrons. The monoisotopic (exact) mass is 666 g/mol. The van der Waals surface area contributed by atoms with E-state index in [4.69, 9.17) is 16.3 Å². The van der Waals surface area contributed by atoms with Gasteiger partial charge >= 0.3 is 12.1 Å². The highest BCUT2D eigenvalue weighted by atomic mass is 35.5. The molecule has 0 unspecified atom stereocenters. The smallest absolute Gasteiger partial charge is 0.418 e. The van der Waals surface area contributed by atoms with Gasteiger partial charge in [-0.1, -0.05) is 11.6 Å². The second kappa shape index (κ2) is 11.8. The summed E-state index contributed by atoms with van der Waals surface area (Å²) in [7, 11) is 0. The van der Waals surface area contributed by atoms with Gasteiger partial charge in [0.05, 0.1) is 45.3 Å². The topological polar surface area (TPSA) is 133 Å². The molecule has 0 atom stereocenters. The third-order valence-electron chi connectivity index (χ3n) is 7.14. The van der Waals surface area contributed by atoms with Crippen LogP contribution in [-0.4, -0.2) is 47.2 Å². The van der Waals surface area contributed by atoms with Crippen LogP contribution in [-0.2, 0) is 12.7 Å². The van der Waals surface area contributed by atoms with E-state index in [1.165, 1.54) is 40.6 Å². The average molecular weight is 667 g/mol. The molecule has 6 aromatic rings. The molecule has 5 aromatic heterocycles. The molecule has 0 aliphatic rings. The molecular formula is C31H22ClF3N6O4S. The standard InChI is InChI=1S/C31H22ClF3N6O4S/c1-14-8-19(28-25(38-14)20(13-46-28)30(43)44)18-9-17(32)4-5-24(18)45-7-6-41-16(3)39-22-10-21(31(33,34)35)26(40-27(22)29(41)42)23-12-36-15(2)11-37-23/h4-5,8-13H,6-7H2,1-3H3,(H,43,44). The van der Waals surface area contributed by atoms with Gasteiger partial charge in [0.2, 0.25) is 0 Å². The zero-order chi connectivity index (χ0) is 32.9. The Morgan fingerprint density at radius 3 is 2.48 bits per heavy atom. The largest absolute Gasteiger partial charge is 0.491 e. The minimum absolute atomic E-state index is 0.00893. The number of aromatic carboxylic acids is 1. The lowest BCUT2D eigenvalue weighted by molar-refractivity contribution is -0.137. The molecule has 0 fully saturated rings. The van der Waals surface area contributed by atoms with Gasteiger partial charge in [0.1, 0.15) is 29.6 Å². The highest BCUT2D eigenvalue weighted by Crippen LogP contribution is 2.40. The van der Waals surface area contributed by atoms with Crippen molar-refractivity contribution >= 4 is 50.2 Å². The minimum atomic E-state index is -4.78. The number of carbonyl (C=O) groups is 1. The Morgan fingerprint density at radius 2 is 1.78 bits per heavy atom. The van der Waals surface area contributed by atoms with Crippen LogP contribution in [0.1, 0.15) is 33.1 Å². The summed E-state index contributed by atoms with van der Waals surface area (Å²) in [5.41, 5.74) is -0.0556. The number of rotatable bonds is 7. The summed E-state index contributed by atoms with van der Waals surface area (Å²) in [6.45, 7) is 4.87. The van der Waals surface area contributed by atoms with Crippen LogP contribution >= 0.6 is 22.9 Å². The van der Waals surface area contributed by atoms with Gasteiger partial charge in [-0.2, -0.15) is 13.2 Å². The molecule has 1 aromatic carbocycles. The Bertz CT molecular complexity index is 2240. The molecule has 0 saturated carbocycles. The molecular weight excluding hydrogens is 645 g/mol. The predicted molar refractivity (Wildman–Crippen MR) is 167 cm³/mol. The summed E-state index contributed by atoms with van der Waals surface area (Å²) in [6.07, 6.45) is -2.29. The molecule has 0 amide bonds. The van der Waals surface area contributed by atoms with Crippen LogP contribution in [0.4, 0.5) is 13.2 Å². The van der Waals surface area contributed by atoms with Gasteiger partial charge in [-0.15, -0.1) is 11.3 Å². The Kier molecular flexibility index (Phi) is 7.94. The van der Waals surface area contributed by atoms with Crippen molar-refractivity contribution in [2.45, 2.75) is 33.5 Å². The summed E-state index contributed by atoms with van der Waals surface area (Å²) >= 11 is 7.58.